The number of fused-ring (bicyclic) bond motifs is 7. The molecule has 0 amide bonds. The van der Waals surface area contributed by atoms with E-state index < -0.39 is 17.7 Å². The van der Waals surface area contributed by atoms with Gasteiger partial charge in [0.05, 0.1) is 7.11 Å². The quantitative estimate of drug-likeness (QED) is 0.108. The van der Waals surface area contributed by atoms with Crippen LogP contribution in [0.2, 0.25) is 0 Å². The molecule has 11 heteroatoms. The molecule has 5 heterocycles. The molecule has 1 saturated heterocycles. The Hall–Kier alpha value is -4.35. The Labute approximate surface area is 307 Å². The minimum atomic E-state index is -1.24. The van der Waals surface area contributed by atoms with E-state index in [1.807, 2.05) is 45.9 Å². The summed E-state index contributed by atoms with van der Waals surface area (Å²) in [5, 5.41) is 6.25. The number of Topliss-reactive ketones (excluding diaryl/α,β-unsaturated/α-hetero) is 1. The second-order valence-electron chi connectivity index (χ2n) is 12.7. The summed E-state index contributed by atoms with van der Waals surface area (Å²) in [5.41, 5.74) is 8.28. The van der Waals surface area contributed by atoms with Crippen molar-refractivity contribution in [1.29, 1.82) is 0 Å². The molecule has 3 aliphatic rings. The maximum Gasteiger partial charge on any atom is 2.00 e. The Bertz CT molecular complexity index is 2110. The van der Waals surface area contributed by atoms with Gasteiger partial charge in [-0.3, -0.25) is 19.2 Å². The number of allylic oxidation sites excluding steroid dienone is 3. The summed E-state index contributed by atoms with van der Waals surface area (Å²) in [7, 11) is 1.26. The smallest absolute Gasteiger partial charge is 0.664 e. The number of carbonyl (C=O) groups excluding carboxylic acids is 4. The zero-order valence-corrected chi connectivity index (χ0v) is 31.1. The molecule has 3 atom stereocenters. The molecular formula is C39H40MgN4O6-2. The topological polar surface area (TPSA) is 143 Å². The van der Waals surface area contributed by atoms with Gasteiger partial charge in [0.2, 0.25) is 0 Å². The molecule has 256 valence electrons. The van der Waals surface area contributed by atoms with Crippen LogP contribution in [0.5, 0.6) is 0 Å². The molecule has 1 aliphatic carbocycles. The number of esters is 2. The Balaban J connectivity index is 0.00000486. The standard InChI is InChI=1S/C39H41N4O6.Mg/c1-8-11-14-49-32(45)13-12-24-20(5)27-15-26-19(4)22(9-2)29(40-26)17-31-25(18-44)23(10-3)30(41-31)16-28-21(6)33-37(43-28)34(36(24)42-27)35(38(33)46)39(47)48-7;/h8,11,15-18,20,24,35H,9-10,12-14H2,1-7H3,(H-,42,43,44,46);/q-3;+2/p-1/b11-8-,27-15-,31-17-;/t20-,24+,35-;/m1./s1. The van der Waals surface area contributed by atoms with Gasteiger partial charge in [-0.05, 0) is 51.9 Å². The van der Waals surface area contributed by atoms with Crippen LogP contribution in [0.1, 0.15) is 106 Å². The number of methoxy groups -OCH3 is 1. The number of aromatic nitrogens is 3. The van der Waals surface area contributed by atoms with E-state index in [0.29, 0.717) is 68.6 Å². The molecule has 50 heavy (non-hydrogen) atoms. The van der Waals surface area contributed by atoms with E-state index in [4.69, 9.17) is 29.7 Å². The Morgan fingerprint density at radius 1 is 0.940 bits per heavy atom. The molecule has 0 N–H and O–H groups in total. The van der Waals surface area contributed by atoms with E-state index >= 15 is 0 Å². The van der Waals surface area contributed by atoms with Crippen LogP contribution in [0.4, 0.5) is 0 Å². The van der Waals surface area contributed by atoms with Crippen molar-refractivity contribution in [3.05, 3.63) is 95.7 Å². The third-order valence-electron chi connectivity index (χ3n) is 10.1. The minimum absolute atomic E-state index is 0. The summed E-state index contributed by atoms with van der Waals surface area (Å²) in [6, 6.07) is 0. The van der Waals surface area contributed by atoms with Crippen molar-refractivity contribution in [3.8, 4) is 0 Å². The molecule has 6 rings (SSSR count). The normalized spacial score (nSPS) is 22.9. The van der Waals surface area contributed by atoms with Gasteiger partial charge in [-0.15, -0.1) is 33.5 Å². The summed E-state index contributed by atoms with van der Waals surface area (Å²) in [4.78, 5) is 67.6. The van der Waals surface area contributed by atoms with E-state index in [0.717, 1.165) is 40.8 Å². The molecule has 8 bridgehead atoms. The fourth-order valence-electron chi connectivity index (χ4n) is 7.40. The fourth-order valence-corrected chi connectivity index (χ4v) is 7.40. The first-order chi connectivity index (χ1) is 23.6. The van der Waals surface area contributed by atoms with Crippen LogP contribution in [0.15, 0.2) is 23.5 Å². The van der Waals surface area contributed by atoms with Gasteiger partial charge in [0.1, 0.15) is 18.8 Å². The Kier molecular flexibility index (Phi) is 11.0. The Morgan fingerprint density at radius 3 is 2.30 bits per heavy atom. The van der Waals surface area contributed by atoms with Gasteiger partial charge in [-0.2, -0.15) is 11.4 Å². The average Bonchev–Trinajstić information content (AvgIpc) is 3.84. The van der Waals surface area contributed by atoms with Gasteiger partial charge < -0.3 is 29.7 Å². The van der Waals surface area contributed by atoms with E-state index in [-0.39, 0.29) is 53.9 Å². The summed E-state index contributed by atoms with van der Waals surface area (Å²) < 4.78 is 10.6. The summed E-state index contributed by atoms with van der Waals surface area (Å²) in [6.07, 6.45) is 11.8. The van der Waals surface area contributed by atoms with Crippen molar-refractivity contribution in [2.75, 3.05) is 13.7 Å². The first kappa shape index (κ1) is 36.9. The third kappa shape index (κ3) is 6.15. The number of ether oxygens (including phenoxy) is 2. The maximum absolute atomic E-state index is 14.1. The zero-order valence-electron chi connectivity index (χ0n) is 29.7. The molecular weight excluding hydrogens is 645 g/mol. The van der Waals surface area contributed by atoms with Crippen molar-refractivity contribution in [1.82, 2.24) is 15.0 Å². The number of aldehydes is 1. The fraction of sp³-hybridized carbons (Fsp3) is 0.385. The van der Waals surface area contributed by atoms with Crippen molar-refractivity contribution in [2.24, 2.45) is 17.8 Å². The monoisotopic (exact) mass is 684 g/mol. The van der Waals surface area contributed by atoms with Crippen LogP contribution < -0.4 is 25.7 Å². The van der Waals surface area contributed by atoms with E-state index in [2.05, 4.69) is 6.92 Å². The molecule has 0 saturated carbocycles. The van der Waals surface area contributed by atoms with Crippen LogP contribution in [0.3, 0.4) is 0 Å². The van der Waals surface area contributed by atoms with Gasteiger partial charge >= 0.3 is 35.0 Å². The molecule has 0 aromatic carbocycles. The van der Waals surface area contributed by atoms with Gasteiger partial charge in [0.15, 0.2) is 5.78 Å². The molecule has 2 aliphatic heterocycles. The molecule has 10 nitrogen and oxygen atoms in total. The van der Waals surface area contributed by atoms with Gasteiger partial charge in [-0.1, -0.05) is 79.0 Å². The van der Waals surface area contributed by atoms with Gasteiger partial charge in [0.25, 0.3) is 0 Å². The largest absolute Gasteiger partial charge is 2.00 e. The summed E-state index contributed by atoms with van der Waals surface area (Å²) in [6.45, 7) is 11.9. The van der Waals surface area contributed by atoms with E-state index in [1.54, 1.807) is 19.1 Å². The third-order valence-corrected chi connectivity index (χ3v) is 10.1. The summed E-state index contributed by atoms with van der Waals surface area (Å²) >= 11 is 0. The number of carbonyl (C=O) groups is 4. The van der Waals surface area contributed by atoms with E-state index in [1.165, 1.54) is 7.11 Å². The predicted octanol–water partition coefficient (Wildman–Crippen LogP) is 3.98. The van der Waals surface area contributed by atoms with Crippen LogP contribution in [-0.4, -0.2) is 60.8 Å². The van der Waals surface area contributed by atoms with Crippen molar-refractivity contribution < 1.29 is 28.7 Å². The van der Waals surface area contributed by atoms with Crippen molar-refractivity contribution in [3.63, 3.8) is 0 Å². The molecule has 0 radical (unpaired) electrons. The minimum Gasteiger partial charge on any atom is -0.664 e. The van der Waals surface area contributed by atoms with Crippen LogP contribution in [0, 0.1) is 31.6 Å². The maximum atomic E-state index is 14.1. The second kappa shape index (κ2) is 14.9. The SMILES string of the molecule is C/C=C\COC(=O)CC[C@@H]1/C2=C3/c4[n-]c(c(C)c4C(=O)[C@@H]3C(=O)OC)/C=c3\[n-]/c(c(C=O)c3CC)=C\c3[n-]c(c(C)c3CC)/C=C(\[N-]2)[C@@H]1C.[Mg+2]. The number of hydrogen-bond donors (Lipinski definition) is 0. The number of hydrogen-bond acceptors (Lipinski definition) is 6. The predicted molar refractivity (Wildman–Crippen MR) is 191 cm³/mol. The molecule has 0 unspecified atom stereocenters. The van der Waals surface area contributed by atoms with E-state index in [9.17, 15) is 19.2 Å². The van der Waals surface area contributed by atoms with Crippen molar-refractivity contribution >= 4 is 70.9 Å². The number of ketones is 1. The average molecular weight is 685 g/mol. The van der Waals surface area contributed by atoms with Gasteiger partial charge in [-0.25, -0.2) is 0 Å². The summed E-state index contributed by atoms with van der Waals surface area (Å²) in [5.74, 6) is -3.20. The first-order valence-corrected chi connectivity index (χ1v) is 16.8. The van der Waals surface area contributed by atoms with Crippen LogP contribution in [0.25, 0.3) is 29.1 Å². The van der Waals surface area contributed by atoms with Crippen LogP contribution in [-0.2, 0) is 31.9 Å². The number of nitrogens with zero attached hydrogens (tertiary/aromatic N) is 4. The molecule has 3 aromatic heterocycles. The zero-order chi connectivity index (χ0) is 35.1. The van der Waals surface area contributed by atoms with Crippen molar-refractivity contribution in [2.45, 2.75) is 67.2 Å². The molecule has 3 aromatic rings. The first-order valence-electron chi connectivity index (χ1n) is 16.8. The van der Waals surface area contributed by atoms with Gasteiger partial charge in [0, 0.05) is 17.5 Å². The molecule has 0 spiro atoms. The Morgan fingerprint density at radius 2 is 1.64 bits per heavy atom. The van der Waals surface area contributed by atoms with Crippen LogP contribution >= 0.6 is 0 Å². The second-order valence-corrected chi connectivity index (χ2v) is 12.7. The molecule has 1 fully saturated rings. The number of rotatable bonds is 9.